The lowest BCUT2D eigenvalue weighted by Crippen LogP contribution is -2.54. The summed E-state index contributed by atoms with van der Waals surface area (Å²) in [5, 5.41) is 9.59. The van der Waals surface area contributed by atoms with Gasteiger partial charge in [-0.3, -0.25) is 14.6 Å². The number of benzene rings is 1. The topological polar surface area (TPSA) is 76.6 Å². The Hall–Kier alpha value is -2.95. The van der Waals surface area contributed by atoms with Crippen LogP contribution in [0, 0.1) is 0 Å². The van der Waals surface area contributed by atoms with E-state index < -0.39 is 53.8 Å². The van der Waals surface area contributed by atoms with E-state index >= 15 is 0 Å². The molecule has 1 N–H and O–H groups in total. The molecule has 0 radical (unpaired) electrons. The number of piperidine rings is 2. The summed E-state index contributed by atoms with van der Waals surface area (Å²) in [6.45, 7) is 2.08. The number of anilines is 1. The van der Waals surface area contributed by atoms with Gasteiger partial charge >= 0.3 is 30.6 Å². The van der Waals surface area contributed by atoms with Crippen LogP contribution in [0.1, 0.15) is 62.5 Å². The number of hydrogen-bond acceptors (Lipinski definition) is 6. The van der Waals surface area contributed by atoms with E-state index in [2.05, 4.69) is 9.64 Å². The Morgan fingerprint density at radius 1 is 0.851 bits per heavy atom. The minimum atomic E-state index is -5.82. The number of carbonyl (C=O) groups is 2. The minimum absolute atomic E-state index is 0.00497. The van der Waals surface area contributed by atoms with E-state index in [-0.39, 0.29) is 38.5 Å². The zero-order chi connectivity index (χ0) is 34.4. The number of nitrogens with zero attached hydrogens (tertiary/aromatic N) is 4. The van der Waals surface area contributed by atoms with Gasteiger partial charge in [0, 0.05) is 50.0 Å². The van der Waals surface area contributed by atoms with E-state index in [1.165, 1.54) is 6.07 Å². The molecule has 1 aromatic carbocycles. The predicted octanol–water partition coefficient (Wildman–Crippen LogP) is 6.28. The van der Waals surface area contributed by atoms with E-state index in [4.69, 9.17) is 0 Å². The van der Waals surface area contributed by atoms with E-state index in [0.717, 1.165) is 29.9 Å². The molecule has 47 heavy (non-hydrogen) atoms. The van der Waals surface area contributed by atoms with E-state index in [1.807, 2.05) is 9.80 Å². The average molecular weight is 689 g/mol. The highest BCUT2D eigenvalue weighted by Crippen LogP contribution is 2.43. The van der Waals surface area contributed by atoms with Gasteiger partial charge in [0.15, 0.2) is 0 Å². The smallest absolute Gasteiger partial charge is 0.434 e. The van der Waals surface area contributed by atoms with E-state index in [9.17, 15) is 54.2 Å². The largest absolute Gasteiger partial charge is 0.480 e. The van der Waals surface area contributed by atoms with Gasteiger partial charge in [0.25, 0.3) is 6.10 Å². The zero-order valence-corrected chi connectivity index (χ0v) is 25.4. The molecule has 4 saturated heterocycles. The second-order valence-corrected chi connectivity index (χ2v) is 12.9. The van der Waals surface area contributed by atoms with Crippen LogP contribution >= 0.6 is 0 Å². The summed E-state index contributed by atoms with van der Waals surface area (Å²) < 4.78 is 123. The number of carboxylic acid groups (broad SMARTS) is 1. The molecule has 0 aromatic heterocycles. The molecular weight excluding hydrogens is 651 g/mol. The molecule has 0 saturated carbocycles. The summed E-state index contributed by atoms with van der Waals surface area (Å²) in [4.78, 5) is 30.8. The second-order valence-electron chi connectivity index (χ2n) is 12.9. The van der Waals surface area contributed by atoms with Crippen molar-refractivity contribution in [2.45, 2.75) is 100 Å². The number of aliphatic carboxylic acids is 1. The molecule has 17 heteroatoms. The first-order valence-electron chi connectivity index (χ1n) is 15.7. The summed E-state index contributed by atoms with van der Waals surface area (Å²) in [6, 6.07) is 3.03. The third-order valence-electron chi connectivity index (χ3n) is 10.1. The quantitative estimate of drug-likeness (QED) is 0.353. The fraction of sp³-hybridized carbons (Fsp3) is 0.733. The van der Waals surface area contributed by atoms with Crippen molar-refractivity contribution in [3.8, 4) is 0 Å². The summed E-state index contributed by atoms with van der Waals surface area (Å²) in [7, 11) is 0. The van der Waals surface area contributed by atoms with Crippen LogP contribution in [0.15, 0.2) is 18.2 Å². The molecule has 1 atom stereocenters. The minimum Gasteiger partial charge on any atom is -0.480 e. The van der Waals surface area contributed by atoms with Crippen molar-refractivity contribution in [2.24, 2.45) is 0 Å². The molecule has 1 aromatic rings. The number of likely N-dealkylation sites (tertiary alicyclic amines) is 3. The van der Waals surface area contributed by atoms with E-state index in [1.54, 1.807) is 0 Å². The van der Waals surface area contributed by atoms with Gasteiger partial charge in [0.2, 0.25) is 0 Å². The van der Waals surface area contributed by atoms with Gasteiger partial charge in [0.1, 0.15) is 6.04 Å². The standard InChI is InChI=1S/C30H37F9N4O4/c31-28(32,33)20-5-4-19(23(17-20)40-13-6-21(7-14-40)43-12-1-3-22(43)24(44)45)18-42-11-2-8-27(42)9-15-41(16-10-27)26(46)47-25(29(34,35)36)30(37,38)39/h4-5,17,21-22,25H,1-3,6-16,18H2,(H,44,45)/t22-/m0/s1. The number of carbonyl (C=O) groups excluding carboxylic acids is 1. The van der Waals surface area contributed by atoms with E-state index in [0.29, 0.717) is 63.1 Å². The summed E-state index contributed by atoms with van der Waals surface area (Å²) in [5.41, 5.74) is -0.285. The SMILES string of the molecule is O=C(O)[C@@H]1CCCN1C1CCN(c2cc(C(F)(F)F)ccc2CN2CCCC23CCN(C(=O)OC(C(F)(F)F)C(F)(F)F)CC3)CC1. The molecule has 0 aliphatic carbocycles. The normalized spacial score (nSPS) is 23.7. The third-order valence-corrected chi connectivity index (χ3v) is 10.1. The maximum atomic E-state index is 13.8. The number of halogens is 9. The molecule has 1 amide bonds. The first kappa shape index (κ1) is 35.4. The van der Waals surface area contributed by atoms with Gasteiger partial charge in [-0.25, -0.2) is 4.79 Å². The number of carboxylic acids is 1. The number of amides is 1. The van der Waals surface area contributed by atoms with Crippen molar-refractivity contribution in [1.29, 1.82) is 0 Å². The number of rotatable bonds is 6. The highest BCUT2D eigenvalue weighted by atomic mass is 19.4. The lowest BCUT2D eigenvalue weighted by molar-refractivity contribution is -0.308. The van der Waals surface area contributed by atoms with Gasteiger partial charge in [-0.15, -0.1) is 0 Å². The maximum Gasteiger partial charge on any atom is 0.434 e. The summed E-state index contributed by atoms with van der Waals surface area (Å²) in [6.07, 6.45) is -17.8. The third kappa shape index (κ3) is 7.70. The molecule has 264 valence electrons. The van der Waals surface area contributed by atoms with Crippen molar-refractivity contribution in [1.82, 2.24) is 14.7 Å². The molecule has 0 bridgehead atoms. The molecular formula is C30H37F9N4O4. The highest BCUT2D eigenvalue weighted by Gasteiger charge is 2.60. The van der Waals surface area contributed by atoms with Crippen LogP contribution in [0.25, 0.3) is 0 Å². The predicted molar refractivity (Wildman–Crippen MR) is 150 cm³/mol. The van der Waals surface area contributed by atoms with Gasteiger partial charge in [-0.05, 0) is 82.2 Å². The Balaban J connectivity index is 1.28. The number of ether oxygens (including phenoxy) is 1. The molecule has 4 aliphatic rings. The number of alkyl halides is 9. The second kappa shape index (κ2) is 13.2. The summed E-state index contributed by atoms with van der Waals surface area (Å²) >= 11 is 0. The average Bonchev–Trinajstić information content (AvgIpc) is 3.63. The Labute approximate surface area is 265 Å². The molecule has 4 heterocycles. The lowest BCUT2D eigenvalue weighted by Gasteiger charge is -2.45. The molecule has 4 fully saturated rings. The van der Waals surface area contributed by atoms with Crippen molar-refractivity contribution < 1.29 is 58.9 Å². The van der Waals surface area contributed by atoms with Gasteiger partial charge in [-0.2, -0.15) is 39.5 Å². The fourth-order valence-corrected chi connectivity index (χ4v) is 7.71. The Morgan fingerprint density at radius 2 is 1.49 bits per heavy atom. The van der Waals surface area contributed by atoms with Crippen LogP contribution in [-0.2, 0) is 22.3 Å². The van der Waals surface area contributed by atoms with Crippen molar-refractivity contribution in [2.75, 3.05) is 44.2 Å². The van der Waals surface area contributed by atoms with Crippen molar-refractivity contribution >= 4 is 17.7 Å². The molecule has 5 rings (SSSR count). The van der Waals surface area contributed by atoms with Crippen LogP contribution in [0.2, 0.25) is 0 Å². The van der Waals surface area contributed by atoms with Crippen LogP contribution < -0.4 is 4.90 Å². The van der Waals surface area contributed by atoms with Crippen molar-refractivity contribution in [3.63, 3.8) is 0 Å². The Morgan fingerprint density at radius 3 is 2.06 bits per heavy atom. The van der Waals surface area contributed by atoms with Gasteiger partial charge in [-0.1, -0.05) is 6.07 Å². The van der Waals surface area contributed by atoms with Crippen LogP contribution in [0.5, 0.6) is 0 Å². The fourth-order valence-electron chi connectivity index (χ4n) is 7.71. The molecule has 1 spiro atoms. The Bertz CT molecular complexity index is 1280. The first-order chi connectivity index (χ1) is 21.9. The molecule has 0 unspecified atom stereocenters. The van der Waals surface area contributed by atoms with Crippen LogP contribution in [-0.4, -0.2) is 107 Å². The first-order valence-corrected chi connectivity index (χ1v) is 15.7. The lowest BCUT2D eigenvalue weighted by atomic mass is 9.84. The Kier molecular flexibility index (Phi) is 9.90. The summed E-state index contributed by atoms with van der Waals surface area (Å²) in [5.74, 6) is -0.876. The monoisotopic (exact) mass is 688 g/mol. The maximum absolute atomic E-state index is 13.8. The van der Waals surface area contributed by atoms with Gasteiger partial charge < -0.3 is 19.6 Å². The van der Waals surface area contributed by atoms with Gasteiger partial charge in [0.05, 0.1) is 5.56 Å². The number of hydrogen-bond donors (Lipinski definition) is 1. The van der Waals surface area contributed by atoms with Crippen LogP contribution in [0.4, 0.5) is 50.0 Å². The van der Waals surface area contributed by atoms with Crippen molar-refractivity contribution in [3.05, 3.63) is 29.3 Å². The zero-order valence-electron chi connectivity index (χ0n) is 25.4. The molecule has 8 nitrogen and oxygen atoms in total. The molecule has 4 aliphatic heterocycles. The highest BCUT2D eigenvalue weighted by molar-refractivity contribution is 5.74. The van der Waals surface area contributed by atoms with Crippen LogP contribution in [0.3, 0.4) is 0 Å².